The highest BCUT2D eigenvalue weighted by Gasteiger charge is 2.23. The van der Waals surface area contributed by atoms with Gasteiger partial charge in [-0.3, -0.25) is 4.98 Å². The lowest BCUT2D eigenvalue weighted by Crippen LogP contribution is -2.35. The molecule has 3 nitrogen and oxygen atoms in total. The molecule has 0 amide bonds. The maximum Gasteiger partial charge on any atom is 0.0931 e. The monoisotopic (exact) mass is 262 g/mol. The highest BCUT2D eigenvalue weighted by Crippen LogP contribution is 2.31. The minimum Gasteiger partial charge on any atom is -0.387 e. The fourth-order valence-corrected chi connectivity index (χ4v) is 3.00. The van der Waals surface area contributed by atoms with Gasteiger partial charge in [-0.2, -0.15) is 0 Å². The molecule has 1 saturated carbocycles. The Morgan fingerprint density at radius 2 is 2.00 bits per heavy atom. The molecule has 1 aromatic heterocycles. The number of aliphatic hydroxyl groups excluding tert-OH is 1. The van der Waals surface area contributed by atoms with E-state index in [-0.39, 0.29) is 0 Å². The topological polar surface area (TPSA) is 36.4 Å². The molecular formula is C16H26N2O. The number of nitrogens with zero attached hydrogens (tertiary/aromatic N) is 2. The van der Waals surface area contributed by atoms with Gasteiger partial charge in [-0.05, 0) is 50.7 Å². The van der Waals surface area contributed by atoms with Gasteiger partial charge in [-0.1, -0.05) is 13.3 Å². The highest BCUT2D eigenvalue weighted by molar-refractivity contribution is 5.45. The first-order chi connectivity index (χ1) is 9.11. The van der Waals surface area contributed by atoms with E-state index < -0.39 is 6.10 Å². The Balaban J connectivity index is 1.97. The van der Waals surface area contributed by atoms with Crippen molar-refractivity contribution < 1.29 is 5.11 Å². The van der Waals surface area contributed by atoms with Crippen molar-refractivity contribution in [2.24, 2.45) is 5.92 Å². The summed E-state index contributed by atoms with van der Waals surface area (Å²) in [6, 6.07) is 4.64. The third kappa shape index (κ3) is 3.47. The zero-order chi connectivity index (χ0) is 13.8. The second-order valence-electron chi connectivity index (χ2n) is 5.81. The van der Waals surface area contributed by atoms with Gasteiger partial charge in [0.1, 0.15) is 0 Å². The van der Waals surface area contributed by atoms with Crippen LogP contribution < -0.4 is 4.90 Å². The number of hydrogen-bond donors (Lipinski definition) is 1. The number of hydrogen-bond acceptors (Lipinski definition) is 3. The van der Waals surface area contributed by atoms with Gasteiger partial charge in [0.05, 0.1) is 23.7 Å². The quantitative estimate of drug-likeness (QED) is 0.901. The van der Waals surface area contributed by atoms with Crippen LogP contribution in [0.2, 0.25) is 0 Å². The minimum atomic E-state index is -0.487. The molecule has 0 aromatic carbocycles. The first kappa shape index (κ1) is 14.3. The lowest BCUT2D eigenvalue weighted by molar-refractivity contribution is 0.194. The first-order valence-electron chi connectivity index (χ1n) is 7.48. The Kier molecular flexibility index (Phi) is 4.81. The lowest BCUT2D eigenvalue weighted by atomic mass is 9.84. The van der Waals surface area contributed by atoms with Crippen LogP contribution in [0.1, 0.15) is 57.7 Å². The summed E-state index contributed by atoms with van der Waals surface area (Å²) in [5.74, 6) is 0.931. The Morgan fingerprint density at radius 3 is 2.47 bits per heavy atom. The summed E-state index contributed by atoms with van der Waals surface area (Å²) in [4.78, 5) is 6.69. The molecule has 3 heteroatoms. The molecule has 0 saturated heterocycles. The van der Waals surface area contributed by atoms with E-state index in [0.717, 1.165) is 17.3 Å². The van der Waals surface area contributed by atoms with Crippen molar-refractivity contribution in [3.05, 3.63) is 24.0 Å². The summed E-state index contributed by atoms with van der Waals surface area (Å²) in [5.41, 5.74) is 1.90. The van der Waals surface area contributed by atoms with Crippen LogP contribution in [-0.2, 0) is 0 Å². The zero-order valence-corrected chi connectivity index (χ0v) is 12.3. The number of anilines is 1. The van der Waals surface area contributed by atoms with Gasteiger partial charge in [0, 0.05) is 13.1 Å². The van der Waals surface area contributed by atoms with Gasteiger partial charge >= 0.3 is 0 Å². The van der Waals surface area contributed by atoms with Crippen LogP contribution in [0.3, 0.4) is 0 Å². The summed E-state index contributed by atoms with van der Waals surface area (Å²) < 4.78 is 0. The SMILES string of the molecule is CCC1CCC(N(C)c2ccc(C(C)O)nc2)CC1. The highest BCUT2D eigenvalue weighted by atomic mass is 16.3. The molecule has 1 unspecified atom stereocenters. The van der Waals surface area contributed by atoms with E-state index in [1.54, 1.807) is 6.92 Å². The van der Waals surface area contributed by atoms with Gasteiger partial charge < -0.3 is 10.0 Å². The molecule has 106 valence electrons. The Labute approximate surface area is 116 Å². The smallest absolute Gasteiger partial charge is 0.0931 e. The minimum absolute atomic E-state index is 0.487. The van der Waals surface area contributed by atoms with Crippen molar-refractivity contribution >= 4 is 5.69 Å². The molecule has 0 bridgehead atoms. The number of rotatable bonds is 4. The Morgan fingerprint density at radius 1 is 1.32 bits per heavy atom. The largest absolute Gasteiger partial charge is 0.387 e. The van der Waals surface area contributed by atoms with E-state index in [2.05, 4.69) is 29.9 Å². The van der Waals surface area contributed by atoms with Crippen molar-refractivity contribution in [3.63, 3.8) is 0 Å². The third-order valence-corrected chi connectivity index (χ3v) is 4.55. The van der Waals surface area contributed by atoms with Crippen LogP contribution in [0.4, 0.5) is 5.69 Å². The van der Waals surface area contributed by atoms with Gasteiger partial charge in [-0.25, -0.2) is 0 Å². The van der Waals surface area contributed by atoms with Crippen molar-refractivity contribution in [1.82, 2.24) is 4.98 Å². The van der Waals surface area contributed by atoms with Crippen LogP contribution in [0.25, 0.3) is 0 Å². The fraction of sp³-hybridized carbons (Fsp3) is 0.688. The molecule has 0 radical (unpaired) electrons. The van der Waals surface area contributed by atoms with E-state index in [9.17, 15) is 5.11 Å². The molecule has 0 aliphatic heterocycles. The molecule has 1 aliphatic carbocycles. The fourth-order valence-electron chi connectivity index (χ4n) is 3.00. The van der Waals surface area contributed by atoms with E-state index in [1.165, 1.54) is 32.1 Å². The number of aliphatic hydroxyl groups is 1. The summed E-state index contributed by atoms with van der Waals surface area (Å²) >= 11 is 0. The first-order valence-corrected chi connectivity index (χ1v) is 7.48. The molecule has 1 fully saturated rings. The molecular weight excluding hydrogens is 236 g/mol. The molecule has 1 aliphatic rings. The van der Waals surface area contributed by atoms with Crippen molar-refractivity contribution in [2.75, 3.05) is 11.9 Å². The van der Waals surface area contributed by atoms with E-state index in [1.807, 2.05) is 12.3 Å². The summed E-state index contributed by atoms with van der Waals surface area (Å²) in [6.07, 6.45) is 7.99. The molecule has 1 N–H and O–H groups in total. The van der Waals surface area contributed by atoms with E-state index in [0.29, 0.717) is 6.04 Å². The van der Waals surface area contributed by atoms with Gasteiger partial charge in [0.25, 0.3) is 0 Å². The van der Waals surface area contributed by atoms with Crippen molar-refractivity contribution in [2.45, 2.75) is 58.1 Å². The zero-order valence-electron chi connectivity index (χ0n) is 12.3. The predicted molar refractivity (Wildman–Crippen MR) is 79.3 cm³/mol. The lowest BCUT2D eigenvalue weighted by Gasteiger charge is -2.35. The molecule has 2 rings (SSSR count). The molecule has 1 heterocycles. The molecule has 1 aromatic rings. The van der Waals surface area contributed by atoms with Crippen molar-refractivity contribution in [1.29, 1.82) is 0 Å². The summed E-state index contributed by atoms with van der Waals surface area (Å²) in [6.45, 7) is 4.05. The van der Waals surface area contributed by atoms with Gasteiger partial charge in [0.2, 0.25) is 0 Å². The van der Waals surface area contributed by atoms with Gasteiger partial charge in [-0.15, -0.1) is 0 Å². The van der Waals surface area contributed by atoms with Crippen LogP contribution in [-0.4, -0.2) is 23.2 Å². The summed E-state index contributed by atoms with van der Waals surface area (Å²) in [7, 11) is 2.16. The Bertz CT molecular complexity index is 380. The maximum atomic E-state index is 9.48. The van der Waals surface area contributed by atoms with E-state index >= 15 is 0 Å². The standard InChI is InChI=1S/C16H26N2O/c1-4-13-5-7-14(8-6-13)18(3)15-9-10-16(12(2)19)17-11-15/h9-14,19H,4-8H2,1-3H3. The second kappa shape index (κ2) is 6.38. The Hall–Kier alpha value is -1.09. The molecule has 0 spiro atoms. The van der Waals surface area contributed by atoms with Crippen LogP contribution in [0.15, 0.2) is 18.3 Å². The van der Waals surface area contributed by atoms with Crippen molar-refractivity contribution in [3.8, 4) is 0 Å². The van der Waals surface area contributed by atoms with Crippen LogP contribution in [0.5, 0.6) is 0 Å². The normalized spacial score (nSPS) is 25.1. The number of aromatic nitrogens is 1. The molecule has 19 heavy (non-hydrogen) atoms. The maximum absolute atomic E-state index is 9.48. The average molecular weight is 262 g/mol. The second-order valence-corrected chi connectivity index (χ2v) is 5.81. The van der Waals surface area contributed by atoms with Gasteiger partial charge in [0.15, 0.2) is 0 Å². The van der Waals surface area contributed by atoms with Crippen LogP contribution >= 0.6 is 0 Å². The number of pyridine rings is 1. The van der Waals surface area contributed by atoms with Crippen LogP contribution in [0, 0.1) is 5.92 Å². The summed E-state index contributed by atoms with van der Waals surface area (Å²) in [5, 5.41) is 9.48. The van der Waals surface area contributed by atoms with E-state index in [4.69, 9.17) is 0 Å². The predicted octanol–water partition coefficient (Wildman–Crippen LogP) is 3.54. The average Bonchev–Trinajstić information content (AvgIpc) is 2.46. The third-order valence-electron chi connectivity index (χ3n) is 4.55. The molecule has 1 atom stereocenters.